The van der Waals surface area contributed by atoms with E-state index < -0.39 is 0 Å². The molecule has 1 aliphatic carbocycles. The molecule has 4 atom stereocenters. The molecule has 3 N–H and O–H groups in total. The Morgan fingerprint density at radius 1 is 1.33 bits per heavy atom. The monoisotopic (exact) mass is 212 g/mol. The second kappa shape index (κ2) is 5.28. The predicted octanol–water partition coefficient (Wildman–Crippen LogP) is 0.735. The van der Waals surface area contributed by atoms with Gasteiger partial charge in [-0.1, -0.05) is 19.8 Å². The van der Waals surface area contributed by atoms with Gasteiger partial charge in [0.05, 0.1) is 6.10 Å². The van der Waals surface area contributed by atoms with Gasteiger partial charge in [0.25, 0.3) is 0 Å². The van der Waals surface area contributed by atoms with Crippen molar-refractivity contribution in [2.75, 3.05) is 19.6 Å². The van der Waals surface area contributed by atoms with E-state index in [-0.39, 0.29) is 6.10 Å². The van der Waals surface area contributed by atoms with Gasteiger partial charge in [0.1, 0.15) is 0 Å². The van der Waals surface area contributed by atoms with Crippen molar-refractivity contribution in [2.45, 2.75) is 44.8 Å². The SMILES string of the molecule is CC1CCCC(NCC2CNCC2O)C1. The van der Waals surface area contributed by atoms with E-state index in [4.69, 9.17) is 0 Å². The molecule has 0 bridgehead atoms. The molecule has 0 amide bonds. The van der Waals surface area contributed by atoms with Crippen LogP contribution in [-0.4, -0.2) is 36.9 Å². The van der Waals surface area contributed by atoms with E-state index in [0.717, 1.165) is 25.6 Å². The number of hydrogen-bond donors (Lipinski definition) is 3. The van der Waals surface area contributed by atoms with Crippen LogP contribution in [0.2, 0.25) is 0 Å². The van der Waals surface area contributed by atoms with Crippen molar-refractivity contribution in [1.82, 2.24) is 10.6 Å². The molecule has 0 aromatic rings. The quantitative estimate of drug-likeness (QED) is 0.646. The third kappa shape index (κ3) is 3.16. The fourth-order valence-electron chi connectivity index (χ4n) is 2.87. The van der Waals surface area contributed by atoms with E-state index >= 15 is 0 Å². The van der Waals surface area contributed by atoms with Crippen molar-refractivity contribution in [1.29, 1.82) is 0 Å². The average molecular weight is 212 g/mol. The number of β-amino-alcohol motifs (C(OH)–C–C–N with tert-alkyl or cyclic N) is 1. The number of nitrogens with one attached hydrogen (secondary N) is 2. The molecule has 0 aromatic carbocycles. The topological polar surface area (TPSA) is 44.3 Å². The minimum absolute atomic E-state index is 0.140. The Bertz CT molecular complexity index is 198. The zero-order valence-electron chi connectivity index (χ0n) is 9.71. The van der Waals surface area contributed by atoms with Crippen LogP contribution in [0.4, 0.5) is 0 Å². The van der Waals surface area contributed by atoms with Gasteiger partial charge in [0.2, 0.25) is 0 Å². The highest BCUT2D eigenvalue weighted by Crippen LogP contribution is 2.23. The van der Waals surface area contributed by atoms with Crippen molar-refractivity contribution in [2.24, 2.45) is 11.8 Å². The largest absolute Gasteiger partial charge is 0.391 e. The van der Waals surface area contributed by atoms with Crippen molar-refractivity contribution >= 4 is 0 Å². The number of aliphatic hydroxyl groups is 1. The molecule has 1 saturated heterocycles. The van der Waals surface area contributed by atoms with Crippen molar-refractivity contribution in [3.05, 3.63) is 0 Å². The summed E-state index contributed by atoms with van der Waals surface area (Å²) in [5.74, 6) is 1.30. The van der Waals surface area contributed by atoms with Crippen LogP contribution < -0.4 is 10.6 Å². The summed E-state index contributed by atoms with van der Waals surface area (Å²) in [5.41, 5.74) is 0. The lowest BCUT2D eigenvalue weighted by Gasteiger charge is -2.29. The lowest BCUT2D eigenvalue weighted by Crippen LogP contribution is -2.39. The Morgan fingerprint density at radius 3 is 2.87 bits per heavy atom. The molecular weight excluding hydrogens is 188 g/mol. The van der Waals surface area contributed by atoms with Gasteiger partial charge in [-0.25, -0.2) is 0 Å². The van der Waals surface area contributed by atoms with Gasteiger partial charge in [0, 0.05) is 31.6 Å². The Labute approximate surface area is 92.6 Å². The molecule has 1 heterocycles. The minimum Gasteiger partial charge on any atom is -0.391 e. The summed E-state index contributed by atoms with van der Waals surface area (Å²) in [6, 6.07) is 0.696. The molecule has 2 aliphatic rings. The molecule has 2 rings (SSSR count). The lowest BCUT2D eigenvalue weighted by atomic mass is 9.87. The maximum Gasteiger partial charge on any atom is 0.0716 e. The second-order valence-corrected chi connectivity index (χ2v) is 5.36. The smallest absolute Gasteiger partial charge is 0.0716 e. The van der Waals surface area contributed by atoms with E-state index in [1.807, 2.05) is 0 Å². The lowest BCUT2D eigenvalue weighted by molar-refractivity contribution is 0.142. The maximum absolute atomic E-state index is 9.67. The first-order chi connectivity index (χ1) is 7.25. The number of hydrogen-bond acceptors (Lipinski definition) is 3. The number of aliphatic hydroxyl groups excluding tert-OH is 1. The van der Waals surface area contributed by atoms with Gasteiger partial charge < -0.3 is 15.7 Å². The van der Waals surface area contributed by atoms with E-state index in [1.54, 1.807) is 0 Å². The Kier molecular flexibility index (Phi) is 4.00. The fraction of sp³-hybridized carbons (Fsp3) is 1.00. The normalized spacial score (nSPS) is 42.0. The first-order valence-electron chi connectivity index (χ1n) is 6.38. The first-order valence-corrected chi connectivity index (χ1v) is 6.38. The molecule has 3 heteroatoms. The third-order valence-corrected chi connectivity index (χ3v) is 3.91. The molecule has 88 valence electrons. The summed E-state index contributed by atoms with van der Waals surface area (Å²) >= 11 is 0. The third-order valence-electron chi connectivity index (χ3n) is 3.91. The molecule has 4 unspecified atom stereocenters. The van der Waals surface area contributed by atoms with E-state index in [9.17, 15) is 5.11 Å². The molecule has 0 radical (unpaired) electrons. The van der Waals surface area contributed by atoms with Gasteiger partial charge in [-0.15, -0.1) is 0 Å². The van der Waals surface area contributed by atoms with Crippen molar-refractivity contribution < 1.29 is 5.11 Å². The van der Waals surface area contributed by atoms with E-state index in [1.165, 1.54) is 25.7 Å². The van der Waals surface area contributed by atoms with E-state index in [0.29, 0.717) is 12.0 Å². The Hall–Kier alpha value is -0.120. The molecular formula is C12H24N2O. The molecule has 0 aromatic heterocycles. The summed E-state index contributed by atoms with van der Waals surface area (Å²) < 4.78 is 0. The summed E-state index contributed by atoms with van der Waals surface area (Å²) in [4.78, 5) is 0. The summed E-state index contributed by atoms with van der Waals surface area (Å²) in [6.07, 6.45) is 5.26. The zero-order valence-corrected chi connectivity index (χ0v) is 9.71. The first kappa shape index (κ1) is 11.4. The number of rotatable bonds is 3. The highest BCUT2D eigenvalue weighted by atomic mass is 16.3. The summed E-state index contributed by atoms with van der Waals surface area (Å²) in [7, 11) is 0. The molecule has 0 spiro atoms. The van der Waals surface area contributed by atoms with Crippen LogP contribution in [0.15, 0.2) is 0 Å². The Balaban J connectivity index is 1.68. The van der Waals surface area contributed by atoms with Crippen LogP contribution in [0, 0.1) is 11.8 Å². The summed E-state index contributed by atoms with van der Waals surface area (Å²) in [5, 5.41) is 16.5. The van der Waals surface area contributed by atoms with Crippen molar-refractivity contribution in [3.63, 3.8) is 0 Å². The highest BCUT2D eigenvalue weighted by molar-refractivity contribution is 4.84. The van der Waals surface area contributed by atoms with Gasteiger partial charge in [-0.2, -0.15) is 0 Å². The van der Waals surface area contributed by atoms with Crippen molar-refractivity contribution in [3.8, 4) is 0 Å². The van der Waals surface area contributed by atoms with Gasteiger partial charge in [-0.3, -0.25) is 0 Å². The summed E-state index contributed by atoms with van der Waals surface area (Å²) in [6.45, 7) is 5.06. The highest BCUT2D eigenvalue weighted by Gasteiger charge is 2.26. The Morgan fingerprint density at radius 2 is 2.20 bits per heavy atom. The zero-order chi connectivity index (χ0) is 10.7. The predicted molar refractivity (Wildman–Crippen MR) is 61.8 cm³/mol. The van der Waals surface area contributed by atoms with Gasteiger partial charge in [-0.05, 0) is 18.8 Å². The molecule has 1 aliphatic heterocycles. The van der Waals surface area contributed by atoms with Crippen LogP contribution in [0.1, 0.15) is 32.6 Å². The molecule has 2 fully saturated rings. The standard InChI is InChI=1S/C12H24N2O/c1-9-3-2-4-11(5-9)14-7-10-6-13-8-12(10)15/h9-15H,2-8H2,1H3. The molecule has 3 nitrogen and oxygen atoms in total. The maximum atomic E-state index is 9.67. The van der Waals surface area contributed by atoms with Crippen LogP contribution in [0.25, 0.3) is 0 Å². The van der Waals surface area contributed by atoms with Gasteiger partial charge >= 0.3 is 0 Å². The van der Waals surface area contributed by atoms with Crippen LogP contribution >= 0.6 is 0 Å². The van der Waals surface area contributed by atoms with Crippen LogP contribution in [0.3, 0.4) is 0 Å². The molecule has 15 heavy (non-hydrogen) atoms. The van der Waals surface area contributed by atoms with Gasteiger partial charge in [0.15, 0.2) is 0 Å². The molecule has 1 saturated carbocycles. The van der Waals surface area contributed by atoms with Crippen LogP contribution in [0.5, 0.6) is 0 Å². The van der Waals surface area contributed by atoms with Crippen LogP contribution in [-0.2, 0) is 0 Å². The fourth-order valence-corrected chi connectivity index (χ4v) is 2.87. The second-order valence-electron chi connectivity index (χ2n) is 5.36. The minimum atomic E-state index is -0.140. The van der Waals surface area contributed by atoms with E-state index in [2.05, 4.69) is 17.6 Å². The average Bonchev–Trinajstić information content (AvgIpc) is 2.61.